The van der Waals surface area contributed by atoms with Gasteiger partial charge in [0, 0.05) is 48.2 Å². The Morgan fingerprint density at radius 3 is 2.50 bits per heavy atom. The van der Waals surface area contributed by atoms with Gasteiger partial charge >= 0.3 is 0 Å². The summed E-state index contributed by atoms with van der Waals surface area (Å²) < 4.78 is 20.1. The molecule has 0 radical (unpaired) electrons. The fraction of sp³-hybridized carbons (Fsp3) is 0.115. The van der Waals surface area contributed by atoms with Crippen LogP contribution in [0, 0.1) is 11.2 Å². The van der Waals surface area contributed by atoms with Gasteiger partial charge in [-0.25, -0.2) is 4.39 Å². The molecule has 0 saturated carbocycles. The number of halogens is 1. The van der Waals surface area contributed by atoms with E-state index >= 15 is 0 Å². The smallest absolute Gasteiger partial charge is 0.261 e. The van der Waals surface area contributed by atoms with Gasteiger partial charge in [-0.3, -0.25) is 9.78 Å². The summed E-state index contributed by atoms with van der Waals surface area (Å²) in [6.45, 7) is 0.220. The number of aromatic nitrogens is 1. The number of carbonyl (C=O) groups is 1. The van der Waals surface area contributed by atoms with Gasteiger partial charge in [0.2, 0.25) is 0 Å². The molecule has 0 spiro atoms. The molecule has 4 aromatic rings. The highest BCUT2D eigenvalue weighted by Crippen LogP contribution is 2.28. The third-order valence-corrected chi connectivity index (χ3v) is 5.19. The molecule has 6 heteroatoms. The number of nitrogens with one attached hydrogen (secondary N) is 1. The standard InChI is InChI=1S/C26H22FN3O2/c27-24-10-4-1-7-21(24)17-30(16-19-6-5-13-29-15-19)26(31)18-32-25-12-11-20(14-28)22-8-2-3-9-23(22)25/h1-15,28H,16-18H2. The molecule has 0 aliphatic carbocycles. The van der Waals surface area contributed by atoms with Crippen molar-refractivity contribution < 1.29 is 13.9 Å². The van der Waals surface area contributed by atoms with Crippen LogP contribution in [0.25, 0.3) is 10.8 Å². The third kappa shape index (κ3) is 4.81. The van der Waals surface area contributed by atoms with Gasteiger partial charge in [0.15, 0.2) is 6.61 Å². The van der Waals surface area contributed by atoms with Gasteiger partial charge in [0.25, 0.3) is 5.91 Å². The molecular formula is C26H22FN3O2. The normalized spacial score (nSPS) is 10.7. The average Bonchev–Trinajstić information content (AvgIpc) is 2.84. The summed E-state index contributed by atoms with van der Waals surface area (Å²) in [5.41, 5.74) is 2.06. The lowest BCUT2D eigenvalue weighted by atomic mass is 10.0. The summed E-state index contributed by atoms with van der Waals surface area (Å²) in [6.07, 6.45) is 4.64. The molecular weight excluding hydrogens is 405 g/mol. The summed E-state index contributed by atoms with van der Waals surface area (Å²) in [4.78, 5) is 18.8. The second-order valence-corrected chi connectivity index (χ2v) is 7.33. The molecule has 0 bridgehead atoms. The van der Waals surface area contributed by atoms with Gasteiger partial charge in [-0.15, -0.1) is 0 Å². The van der Waals surface area contributed by atoms with Gasteiger partial charge in [-0.2, -0.15) is 0 Å². The first-order valence-corrected chi connectivity index (χ1v) is 10.2. The van der Waals surface area contributed by atoms with Crippen molar-refractivity contribution >= 4 is 22.9 Å². The molecule has 4 rings (SSSR count). The fourth-order valence-electron chi connectivity index (χ4n) is 3.55. The van der Waals surface area contributed by atoms with Gasteiger partial charge < -0.3 is 15.0 Å². The Bertz CT molecular complexity index is 1240. The monoisotopic (exact) mass is 427 g/mol. The van der Waals surface area contributed by atoms with Crippen LogP contribution in [0.5, 0.6) is 5.75 Å². The lowest BCUT2D eigenvalue weighted by Crippen LogP contribution is -2.34. The summed E-state index contributed by atoms with van der Waals surface area (Å²) in [5.74, 6) is -0.0604. The Kier molecular flexibility index (Phi) is 6.51. The highest BCUT2D eigenvalue weighted by atomic mass is 19.1. The fourth-order valence-corrected chi connectivity index (χ4v) is 3.55. The number of benzene rings is 3. The Morgan fingerprint density at radius 1 is 0.969 bits per heavy atom. The second kappa shape index (κ2) is 9.83. The number of hydrogen-bond donors (Lipinski definition) is 1. The SMILES string of the molecule is N=Cc1ccc(OCC(=O)N(Cc2cccnc2)Cc2ccccc2F)c2ccccc12. The van der Waals surface area contributed by atoms with Crippen molar-refractivity contribution in [3.8, 4) is 5.75 Å². The third-order valence-electron chi connectivity index (χ3n) is 5.19. The number of carbonyl (C=O) groups excluding carboxylic acids is 1. The predicted octanol–water partition coefficient (Wildman–Crippen LogP) is 4.98. The first kappa shape index (κ1) is 21.2. The van der Waals surface area contributed by atoms with Crippen molar-refractivity contribution in [1.29, 1.82) is 5.41 Å². The van der Waals surface area contributed by atoms with Crippen molar-refractivity contribution in [1.82, 2.24) is 9.88 Å². The van der Waals surface area contributed by atoms with Gasteiger partial charge in [0.05, 0.1) is 0 Å². The molecule has 3 aromatic carbocycles. The van der Waals surface area contributed by atoms with Crippen LogP contribution in [-0.2, 0) is 17.9 Å². The molecule has 0 fully saturated rings. The summed E-state index contributed by atoms with van der Waals surface area (Å²) in [5, 5.41) is 9.30. The van der Waals surface area contributed by atoms with Crippen molar-refractivity contribution in [3.05, 3.63) is 108 Å². The highest BCUT2D eigenvalue weighted by Gasteiger charge is 2.18. The predicted molar refractivity (Wildman–Crippen MR) is 122 cm³/mol. The molecule has 0 unspecified atom stereocenters. The minimum Gasteiger partial charge on any atom is -0.483 e. The van der Waals surface area contributed by atoms with E-state index in [1.807, 2.05) is 30.3 Å². The van der Waals surface area contributed by atoms with Crippen LogP contribution in [0.3, 0.4) is 0 Å². The summed E-state index contributed by atoms with van der Waals surface area (Å²) >= 11 is 0. The average molecular weight is 427 g/mol. The van der Waals surface area contributed by atoms with E-state index in [4.69, 9.17) is 10.1 Å². The zero-order valence-electron chi connectivity index (χ0n) is 17.4. The maximum Gasteiger partial charge on any atom is 0.261 e. The lowest BCUT2D eigenvalue weighted by Gasteiger charge is -2.23. The van der Waals surface area contributed by atoms with E-state index in [-0.39, 0.29) is 31.4 Å². The minimum atomic E-state index is -0.356. The van der Waals surface area contributed by atoms with E-state index in [0.717, 1.165) is 21.9 Å². The lowest BCUT2D eigenvalue weighted by molar-refractivity contribution is -0.134. The van der Waals surface area contributed by atoms with Crippen molar-refractivity contribution in [2.45, 2.75) is 13.1 Å². The number of amides is 1. The molecule has 1 amide bonds. The molecule has 1 N–H and O–H groups in total. The van der Waals surface area contributed by atoms with Crippen LogP contribution in [0.15, 0.2) is 85.2 Å². The van der Waals surface area contributed by atoms with Crippen LogP contribution in [-0.4, -0.2) is 28.6 Å². The Balaban J connectivity index is 1.55. The first-order valence-electron chi connectivity index (χ1n) is 10.2. The Morgan fingerprint density at radius 2 is 1.75 bits per heavy atom. The largest absolute Gasteiger partial charge is 0.483 e. The number of nitrogens with zero attached hydrogens (tertiary/aromatic N) is 2. The summed E-state index contributed by atoms with van der Waals surface area (Å²) in [7, 11) is 0. The topological polar surface area (TPSA) is 66.3 Å². The van der Waals surface area contributed by atoms with Gasteiger partial charge in [0.1, 0.15) is 11.6 Å². The molecule has 0 saturated heterocycles. The molecule has 0 aliphatic heterocycles. The molecule has 0 aliphatic rings. The first-order chi connectivity index (χ1) is 15.7. The van der Waals surface area contributed by atoms with Crippen molar-refractivity contribution in [2.24, 2.45) is 0 Å². The van der Waals surface area contributed by atoms with E-state index in [1.54, 1.807) is 53.7 Å². The molecule has 0 atom stereocenters. The number of rotatable bonds is 8. The number of ether oxygens (including phenoxy) is 1. The number of fused-ring (bicyclic) bond motifs is 1. The number of pyridine rings is 1. The van der Waals surface area contributed by atoms with Gasteiger partial charge in [-0.1, -0.05) is 48.5 Å². The van der Waals surface area contributed by atoms with Crippen LogP contribution in [0.1, 0.15) is 16.7 Å². The van der Waals surface area contributed by atoms with E-state index in [9.17, 15) is 9.18 Å². The van der Waals surface area contributed by atoms with E-state index in [2.05, 4.69) is 4.98 Å². The zero-order valence-corrected chi connectivity index (χ0v) is 17.4. The van der Waals surface area contributed by atoms with E-state index < -0.39 is 0 Å². The molecule has 5 nitrogen and oxygen atoms in total. The van der Waals surface area contributed by atoms with Crippen LogP contribution >= 0.6 is 0 Å². The van der Waals surface area contributed by atoms with Crippen molar-refractivity contribution in [3.63, 3.8) is 0 Å². The zero-order chi connectivity index (χ0) is 22.3. The molecule has 32 heavy (non-hydrogen) atoms. The quantitative estimate of drug-likeness (QED) is 0.403. The highest BCUT2D eigenvalue weighted by molar-refractivity contribution is 6.01. The van der Waals surface area contributed by atoms with Crippen LogP contribution in [0.2, 0.25) is 0 Å². The Labute approximate surface area is 185 Å². The van der Waals surface area contributed by atoms with Crippen LogP contribution in [0.4, 0.5) is 4.39 Å². The Hall–Kier alpha value is -4.06. The van der Waals surface area contributed by atoms with Gasteiger partial charge in [-0.05, 0) is 35.2 Å². The second-order valence-electron chi connectivity index (χ2n) is 7.33. The summed E-state index contributed by atoms with van der Waals surface area (Å²) in [6, 6.07) is 21.3. The molecule has 1 heterocycles. The minimum absolute atomic E-state index is 0.122. The maximum absolute atomic E-state index is 14.2. The number of hydrogen-bond acceptors (Lipinski definition) is 4. The van der Waals surface area contributed by atoms with Crippen molar-refractivity contribution in [2.75, 3.05) is 6.61 Å². The molecule has 160 valence electrons. The van der Waals surface area contributed by atoms with Crippen LogP contribution < -0.4 is 4.74 Å². The van der Waals surface area contributed by atoms with E-state index in [0.29, 0.717) is 11.3 Å². The maximum atomic E-state index is 14.2. The molecule has 1 aromatic heterocycles. The van der Waals surface area contributed by atoms with E-state index in [1.165, 1.54) is 12.3 Å².